The SMILES string of the molecule is CCNc1nnc(C(=O)Nc2ccc(C)cc2Br)s1. The first-order valence-electron chi connectivity index (χ1n) is 5.75. The molecule has 0 aliphatic heterocycles. The number of aromatic nitrogens is 2. The number of amides is 1. The molecule has 100 valence electrons. The van der Waals surface area contributed by atoms with Crippen LogP contribution >= 0.6 is 27.3 Å². The van der Waals surface area contributed by atoms with Crippen LogP contribution in [-0.4, -0.2) is 22.6 Å². The number of aryl methyl sites for hydroxylation is 1. The molecule has 0 atom stereocenters. The molecule has 1 amide bonds. The molecule has 2 rings (SSSR count). The molecule has 0 fully saturated rings. The highest BCUT2D eigenvalue weighted by Gasteiger charge is 2.13. The molecule has 19 heavy (non-hydrogen) atoms. The predicted molar refractivity (Wildman–Crippen MR) is 80.9 cm³/mol. The Labute approximate surface area is 123 Å². The maximum Gasteiger partial charge on any atom is 0.286 e. The maximum absolute atomic E-state index is 12.0. The molecule has 7 heteroatoms. The van der Waals surface area contributed by atoms with E-state index in [2.05, 4.69) is 36.8 Å². The highest BCUT2D eigenvalue weighted by atomic mass is 79.9. The van der Waals surface area contributed by atoms with Crippen LogP contribution in [0.1, 0.15) is 22.3 Å². The van der Waals surface area contributed by atoms with Crippen LogP contribution in [0.5, 0.6) is 0 Å². The lowest BCUT2D eigenvalue weighted by molar-refractivity contribution is 0.102. The normalized spacial score (nSPS) is 10.3. The smallest absolute Gasteiger partial charge is 0.286 e. The Kier molecular flexibility index (Phi) is 4.49. The van der Waals surface area contributed by atoms with Crippen molar-refractivity contribution in [3.63, 3.8) is 0 Å². The van der Waals surface area contributed by atoms with Crippen molar-refractivity contribution in [2.75, 3.05) is 17.2 Å². The van der Waals surface area contributed by atoms with Crippen LogP contribution in [0, 0.1) is 6.92 Å². The average molecular weight is 341 g/mol. The minimum atomic E-state index is -0.258. The van der Waals surface area contributed by atoms with E-state index in [1.54, 1.807) is 0 Å². The molecule has 0 spiro atoms. The lowest BCUT2D eigenvalue weighted by Crippen LogP contribution is -2.12. The van der Waals surface area contributed by atoms with Crippen LogP contribution in [-0.2, 0) is 0 Å². The Hall–Kier alpha value is -1.47. The van der Waals surface area contributed by atoms with E-state index in [-0.39, 0.29) is 5.91 Å². The summed E-state index contributed by atoms with van der Waals surface area (Å²) in [6, 6.07) is 5.73. The zero-order chi connectivity index (χ0) is 13.8. The van der Waals surface area contributed by atoms with Crippen LogP contribution in [0.4, 0.5) is 10.8 Å². The molecule has 0 bridgehead atoms. The average Bonchev–Trinajstić information content (AvgIpc) is 2.82. The number of carbonyl (C=O) groups is 1. The molecule has 2 N–H and O–H groups in total. The predicted octanol–water partition coefficient (Wildman–Crippen LogP) is 3.29. The van der Waals surface area contributed by atoms with Gasteiger partial charge in [-0.2, -0.15) is 0 Å². The van der Waals surface area contributed by atoms with Crippen molar-refractivity contribution >= 4 is 44.0 Å². The molecule has 0 saturated carbocycles. The fourth-order valence-electron chi connectivity index (χ4n) is 1.43. The number of hydrogen-bond donors (Lipinski definition) is 2. The molecule has 0 aliphatic rings. The first kappa shape index (κ1) is 14.0. The van der Waals surface area contributed by atoms with Gasteiger partial charge in [0.15, 0.2) is 0 Å². The van der Waals surface area contributed by atoms with Crippen molar-refractivity contribution in [1.29, 1.82) is 0 Å². The number of hydrogen-bond acceptors (Lipinski definition) is 5. The second-order valence-electron chi connectivity index (χ2n) is 3.88. The Morgan fingerprint density at radius 2 is 2.21 bits per heavy atom. The van der Waals surface area contributed by atoms with Crippen molar-refractivity contribution in [3.8, 4) is 0 Å². The summed E-state index contributed by atoms with van der Waals surface area (Å²) in [6.45, 7) is 4.70. The highest BCUT2D eigenvalue weighted by molar-refractivity contribution is 9.10. The molecule has 5 nitrogen and oxygen atoms in total. The van der Waals surface area contributed by atoms with Crippen LogP contribution < -0.4 is 10.6 Å². The van der Waals surface area contributed by atoms with E-state index in [0.29, 0.717) is 10.1 Å². The van der Waals surface area contributed by atoms with Gasteiger partial charge in [0.1, 0.15) is 0 Å². The number of nitrogens with zero attached hydrogens (tertiary/aromatic N) is 2. The van der Waals surface area contributed by atoms with E-state index in [9.17, 15) is 4.79 Å². The van der Waals surface area contributed by atoms with Crippen molar-refractivity contribution in [3.05, 3.63) is 33.2 Å². The van der Waals surface area contributed by atoms with Gasteiger partial charge in [-0.1, -0.05) is 17.4 Å². The van der Waals surface area contributed by atoms with E-state index in [1.165, 1.54) is 11.3 Å². The van der Waals surface area contributed by atoms with Gasteiger partial charge in [0.2, 0.25) is 10.1 Å². The van der Waals surface area contributed by atoms with Gasteiger partial charge in [-0.15, -0.1) is 10.2 Å². The summed E-state index contributed by atoms with van der Waals surface area (Å²) >= 11 is 4.65. The van der Waals surface area contributed by atoms with E-state index < -0.39 is 0 Å². The van der Waals surface area contributed by atoms with E-state index in [0.717, 1.165) is 22.3 Å². The van der Waals surface area contributed by atoms with E-state index in [4.69, 9.17) is 0 Å². The Morgan fingerprint density at radius 1 is 1.42 bits per heavy atom. The van der Waals surface area contributed by atoms with Gasteiger partial charge in [-0.05, 0) is 47.5 Å². The van der Waals surface area contributed by atoms with Crippen LogP contribution in [0.2, 0.25) is 0 Å². The second kappa shape index (κ2) is 6.12. The van der Waals surface area contributed by atoms with Crippen LogP contribution in [0.3, 0.4) is 0 Å². The standard InChI is InChI=1S/C12H13BrN4OS/c1-3-14-12-17-16-11(19-12)10(18)15-9-5-4-7(2)6-8(9)13/h4-6H,3H2,1-2H3,(H,14,17)(H,15,18). The summed E-state index contributed by atoms with van der Waals surface area (Å²) in [6.07, 6.45) is 0. The third-order valence-electron chi connectivity index (χ3n) is 2.32. The van der Waals surface area contributed by atoms with Crippen molar-refractivity contribution in [1.82, 2.24) is 10.2 Å². The Balaban J connectivity index is 2.11. The summed E-state index contributed by atoms with van der Waals surface area (Å²) in [4.78, 5) is 12.0. The number of rotatable bonds is 4. The molecule has 0 unspecified atom stereocenters. The number of anilines is 2. The van der Waals surface area contributed by atoms with Gasteiger partial charge >= 0.3 is 0 Å². The molecule has 1 aromatic heterocycles. The van der Waals surface area contributed by atoms with Gasteiger partial charge < -0.3 is 10.6 Å². The molecule has 2 aromatic rings. The van der Waals surface area contributed by atoms with Gasteiger partial charge in [0.25, 0.3) is 5.91 Å². The Morgan fingerprint density at radius 3 is 2.89 bits per heavy atom. The number of nitrogens with one attached hydrogen (secondary N) is 2. The molecule has 0 radical (unpaired) electrons. The fourth-order valence-corrected chi connectivity index (χ4v) is 2.73. The second-order valence-corrected chi connectivity index (χ2v) is 5.71. The van der Waals surface area contributed by atoms with Crippen LogP contribution in [0.15, 0.2) is 22.7 Å². The first-order chi connectivity index (χ1) is 9.10. The number of halogens is 1. The molecule has 0 saturated heterocycles. The van der Waals surface area contributed by atoms with Gasteiger partial charge in [0.05, 0.1) is 5.69 Å². The Bertz CT molecular complexity index is 599. The molecule has 1 aromatic carbocycles. The summed E-state index contributed by atoms with van der Waals surface area (Å²) in [5, 5.41) is 14.6. The summed E-state index contributed by atoms with van der Waals surface area (Å²) < 4.78 is 0.845. The van der Waals surface area contributed by atoms with Crippen LogP contribution in [0.25, 0.3) is 0 Å². The van der Waals surface area contributed by atoms with Gasteiger partial charge in [-0.3, -0.25) is 4.79 Å². The lowest BCUT2D eigenvalue weighted by Gasteiger charge is -2.05. The zero-order valence-corrected chi connectivity index (χ0v) is 12.9. The topological polar surface area (TPSA) is 66.9 Å². The van der Waals surface area contributed by atoms with Gasteiger partial charge in [-0.25, -0.2) is 0 Å². The maximum atomic E-state index is 12.0. The molecular weight excluding hydrogens is 328 g/mol. The zero-order valence-electron chi connectivity index (χ0n) is 10.5. The van der Waals surface area contributed by atoms with Crippen molar-refractivity contribution < 1.29 is 4.79 Å². The minimum Gasteiger partial charge on any atom is -0.360 e. The number of carbonyl (C=O) groups excluding carboxylic acids is 1. The molecular formula is C12H13BrN4OS. The first-order valence-corrected chi connectivity index (χ1v) is 7.36. The monoisotopic (exact) mass is 340 g/mol. The summed E-state index contributed by atoms with van der Waals surface area (Å²) in [5.74, 6) is -0.258. The van der Waals surface area contributed by atoms with E-state index in [1.807, 2.05) is 32.0 Å². The fraction of sp³-hybridized carbons (Fsp3) is 0.250. The molecule has 1 heterocycles. The number of benzene rings is 1. The minimum absolute atomic E-state index is 0.258. The van der Waals surface area contributed by atoms with E-state index >= 15 is 0 Å². The summed E-state index contributed by atoms with van der Waals surface area (Å²) in [5.41, 5.74) is 1.84. The van der Waals surface area contributed by atoms with Crippen molar-refractivity contribution in [2.45, 2.75) is 13.8 Å². The third-order valence-corrected chi connectivity index (χ3v) is 3.86. The highest BCUT2D eigenvalue weighted by Crippen LogP contribution is 2.24. The third kappa shape index (κ3) is 3.51. The lowest BCUT2D eigenvalue weighted by atomic mass is 10.2. The quantitative estimate of drug-likeness (QED) is 0.896. The molecule has 0 aliphatic carbocycles. The van der Waals surface area contributed by atoms with Crippen molar-refractivity contribution in [2.24, 2.45) is 0 Å². The largest absolute Gasteiger partial charge is 0.360 e. The van der Waals surface area contributed by atoms with Gasteiger partial charge in [0, 0.05) is 11.0 Å². The summed E-state index contributed by atoms with van der Waals surface area (Å²) in [7, 11) is 0.